The Morgan fingerprint density at radius 1 is 1.30 bits per heavy atom. The largest absolute Gasteiger partial charge is 0.506 e. The van der Waals surface area contributed by atoms with E-state index < -0.39 is 40.7 Å². The lowest BCUT2D eigenvalue weighted by atomic mass is 10.0. The summed E-state index contributed by atoms with van der Waals surface area (Å²) in [5, 5.41) is 10.7. The Hall–Kier alpha value is -3.56. The molecule has 7 nitrogen and oxygen atoms in total. The summed E-state index contributed by atoms with van der Waals surface area (Å²) in [5.74, 6) is -1.49. The number of aromatic nitrogens is 2. The number of ether oxygens (including phenoxy) is 2. The molecule has 1 unspecified atom stereocenters. The van der Waals surface area contributed by atoms with Crippen molar-refractivity contribution >= 4 is 16.9 Å². The van der Waals surface area contributed by atoms with Crippen molar-refractivity contribution in [1.29, 1.82) is 0 Å². The van der Waals surface area contributed by atoms with E-state index in [2.05, 4.69) is 4.98 Å². The average molecular weight is 420 g/mol. The molecule has 4 rings (SSSR count). The van der Waals surface area contributed by atoms with E-state index in [4.69, 9.17) is 9.47 Å². The molecule has 3 aromatic rings. The van der Waals surface area contributed by atoms with Crippen LogP contribution in [0.25, 0.3) is 10.9 Å². The van der Waals surface area contributed by atoms with Gasteiger partial charge in [-0.05, 0) is 30.7 Å². The Kier molecular flexibility index (Phi) is 4.64. The van der Waals surface area contributed by atoms with E-state index in [0.717, 1.165) is 12.1 Å². The average Bonchev–Trinajstić information content (AvgIpc) is 2.71. The van der Waals surface area contributed by atoms with Gasteiger partial charge in [0.15, 0.2) is 5.56 Å². The zero-order valence-corrected chi connectivity index (χ0v) is 15.6. The summed E-state index contributed by atoms with van der Waals surface area (Å²) in [6.45, 7) is 1.48. The Balaban J connectivity index is 1.83. The van der Waals surface area contributed by atoms with E-state index in [9.17, 15) is 27.9 Å². The SMILES string of the molecule is CCOC(=O)c1c(O)c2ccnc3c2n(c1=O)CC(c1ccc(C(F)(F)F)cc1)O3. The molecule has 0 fully saturated rings. The molecule has 0 radical (unpaired) electrons. The number of nitrogens with zero attached hydrogens (tertiary/aromatic N) is 2. The van der Waals surface area contributed by atoms with Gasteiger partial charge in [0.25, 0.3) is 5.56 Å². The van der Waals surface area contributed by atoms with E-state index in [0.29, 0.717) is 5.56 Å². The highest BCUT2D eigenvalue weighted by molar-refractivity contribution is 6.00. The van der Waals surface area contributed by atoms with Crippen molar-refractivity contribution in [3.05, 3.63) is 63.6 Å². The smallest absolute Gasteiger partial charge is 0.416 e. The number of carbonyl (C=O) groups is 1. The number of aromatic hydroxyl groups is 1. The van der Waals surface area contributed by atoms with Crippen LogP contribution in [0.5, 0.6) is 11.6 Å². The number of hydrogen-bond acceptors (Lipinski definition) is 6. The molecule has 156 valence electrons. The Morgan fingerprint density at radius 3 is 2.63 bits per heavy atom. The van der Waals surface area contributed by atoms with E-state index in [-0.39, 0.29) is 29.9 Å². The lowest BCUT2D eigenvalue weighted by molar-refractivity contribution is -0.137. The normalized spacial score (nSPS) is 15.7. The van der Waals surface area contributed by atoms with Crippen molar-refractivity contribution in [1.82, 2.24) is 9.55 Å². The third-order valence-corrected chi connectivity index (χ3v) is 4.80. The van der Waals surface area contributed by atoms with Gasteiger partial charge in [-0.3, -0.25) is 9.36 Å². The fourth-order valence-electron chi connectivity index (χ4n) is 3.40. The van der Waals surface area contributed by atoms with Gasteiger partial charge in [-0.25, -0.2) is 9.78 Å². The highest BCUT2D eigenvalue weighted by Crippen LogP contribution is 2.38. The topological polar surface area (TPSA) is 90.6 Å². The molecule has 1 aliphatic heterocycles. The standard InChI is InChI=1S/C20H15F3N2O5/c1-2-29-19(28)14-16(26)12-7-8-24-17-15(12)25(18(14)27)9-13(30-17)10-3-5-11(6-4-10)20(21,22)23/h3-8,13,26H,2,9H2,1H3. The predicted octanol–water partition coefficient (Wildman–Crippen LogP) is 3.43. The number of carbonyl (C=O) groups excluding carboxylic acids is 1. The number of benzene rings is 1. The van der Waals surface area contributed by atoms with Gasteiger partial charge >= 0.3 is 12.1 Å². The quantitative estimate of drug-likeness (QED) is 0.653. The zero-order valence-electron chi connectivity index (χ0n) is 15.6. The maximum Gasteiger partial charge on any atom is 0.416 e. The number of halogens is 3. The first-order chi connectivity index (χ1) is 14.2. The summed E-state index contributed by atoms with van der Waals surface area (Å²) >= 11 is 0. The van der Waals surface area contributed by atoms with Crippen LogP contribution in [0, 0.1) is 0 Å². The molecule has 1 aromatic carbocycles. The predicted molar refractivity (Wildman–Crippen MR) is 98.4 cm³/mol. The number of hydrogen-bond donors (Lipinski definition) is 1. The van der Waals surface area contributed by atoms with Crippen molar-refractivity contribution in [2.75, 3.05) is 6.61 Å². The number of pyridine rings is 2. The summed E-state index contributed by atoms with van der Waals surface area (Å²) in [5.41, 5.74) is -1.54. The van der Waals surface area contributed by atoms with E-state index in [1.54, 1.807) is 6.92 Å². The van der Waals surface area contributed by atoms with Gasteiger partial charge in [0.2, 0.25) is 5.88 Å². The lowest BCUT2D eigenvalue weighted by Crippen LogP contribution is -2.34. The van der Waals surface area contributed by atoms with Crippen LogP contribution < -0.4 is 10.3 Å². The highest BCUT2D eigenvalue weighted by atomic mass is 19.4. The van der Waals surface area contributed by atoms with Crippen LogP contribution in [-0.2, 0) is 17.5 Å². The summed E-state index contributed by atoms with van der Waals surface area (Å²) in [7, 11) is 0. The third kappa shape index (κ3) is 3.14. The first kappa shape index (κ1) is 19.7. The first-order valence-corrected chi connectivity index (χ1v) is 8.97. The lowest BCUT2D eigenvalue weighted by Gasteiger charge is -2.28. The molecule has 0 aliphatic carbocycles. The maximum atomic E-state index is 13.0. The highest BCUT2D eigenvalue weighted by Gasteiger charge is 2.33. The van der Waals surface area contributed by atoms with Crippen molar-refractivity contribution in [3.8, 4) is 11.6 Å². The van der Waals surface area contributed by atoms with Crippen molar-refractivity contribution in [3.63, 3.8) is 0 Å². The molecule has 2 aromatic heterocycles. The first-order valence-electron chi connectivity index (χ1n) is 8.97. The minimum absolute atomic E-state index is 0.00857. The molecule has 0 saturated heterocycles. The molecule has 1 N–H and O–H groups in total. The molecular weight excluding hydrogens is 405 g/mol. The summed E-state index contributed by atoms with van der Waals surface area (Å²) in [6, 6.07) is 5.79. The second kappa shape index (κ2) is 7.05. The fraction of sp³-hybridized carbons (Fsp3) is 0.250. The van der Waals surface area contributed by atoms with Crippen LogP contribution in [0.2, 0.25) is 0 Å². The van der Waals surface area contributed by atoms with Crippen LogP contribution in [0.1, 0.15) is 34.5 Å². The van der Waals surface area contributed by atoms with Crippen LogP contribution in [0.4, 0.5) is 13.2 Å². The van der Waals surface area contributed by atoms with Gasteiger partial charge in [-0.15, -0.1) is 0 Å². The third-order valence-electron chi connectivity index (χ3n) is 4.80. The van der Waals surface area contributed by atoms with Crippen molar-refractivity contribution < 1.29 is 32.5 Å². The summed E-state index contributed by atoms with van der Waals surface area (Å²) in [4.78, 5) is 29.3. The molecular formula is C20H15F3N2O5. The van der Waals surface area contributed by atoms with E-state index in [1.165, 1.54) is 29.0 Å². The van der Waals surface area contributed by atoms with Gasteiger partial charge in [0.1, 0.15) is 17.4 Å². The van der Waals surface area contributed by atoms with Crippen LogP contribution in [0.15, 0.2) is 41.3 Å². The molecule has 0 spiro atoms. The molecule has 0 amide bonds. The van der Waals surface area contributed by atoms with Crippen LogP contribution in [0.3, 0.4) is 0 Å². The van der Waals surface area contributed by atoms with E-state index in [1.807, 2.05) is 0 Å². The van der Waals surface area contributed by atoms with Gasteiger partial charge < -0.3 is 14.6 Å². The number of esters is 1. The van der Waals surface area contributed by atoms with E-state index >= 15 is 0 Å². The molecule has 1 atom stereocenters. The molecule has 1 aliphatic rings. The number of rotatable bonds is 3. The van der Waals surface area contributed by atoms with Crippen molar-refractivity contribution in [2.45, 2.75) is 25.7 Å². The van der Waals surface area contributed by atoms with Crippen molar-refractivity contribution in [2.24, 2.45) is 0 Å². The zero-order chi connectivity index (χ0) is 21.6. The Morgan fingerprint density at radius 2 is 2.00 bits per heavy atom. The monoisotopic (exact) mass is 420 g/mol. The maximum absolute atomic E-state index is 13.0. The van der Waals surface area contributed by atoms with Gasteiger partial charge in [0, 0.05) is 11.6 Å². The molecule has 0 bridgehead atoms. The van der Waals surface area contributed by atoms with Gasteiger partial charge in [0.05, 0.1) is 18.7 Å². The van der Waals surface area contributed by atoms with Gasteiger partial charge in [-0.1, -0.05) is 12.1 Å². The second-order valence-electron chi connectivity index (χ2n) is 6.60. The fourth-order valence-corrected chi connectivity index (χ4v) is 3.40. The molecule has 10 heteroatoms. The Labute approximate surface area is 167 Å². The summed E-state index contributed by atoms with van der Waals surface area (Å²) in [6.07, 6.45) is -3.97. The Bertz CT molecular complexity index is 1200. The minimum atomic E-state index is -4.48. The second-order valence-corrected chi connectivity index (χ2v) is 6.60. The van der Waals surface area contributed by atoms with Gasteiger partial charge in [-0.2, -0.15) is 13.2 Å². The summed E-state index contributed by atoms with van der Waals surface area (Å²) < 4.78 is 50.4. The number of alkyl halides is 3. The van der Waals surface area contributed by atoms with Crippen LogP contribution >= 0.6 is 0 Å². The molecule has 0 saturated carbocycles. The molecule has 3 heterocycles. The molecule has 30 heavy (non-hydrogen) atoms. The minimum Gasteiger partial charge on any atom is -0.506 e. The van der Waals surface area contributed by atoms with Crippen LogP contribution in [-0.4, -0.2) is 27.2 Å².